The Kier molecular flexibility index (Phi) is 3.45. The van der Waals surface area contributed by atoms with Crippen molar-refractivity contribution in [1.82, 2.24) is 0 Å². The maximum Gasteiger partial charge on any atom is 0.203 e. The lowest BCUT2D eigenvalue weighted by Gasteiger charge is -2.49. The van der Waals surface area contributed by atoms with Gasteiger partial charge in [0.25, 0.3) is 0 Å². The molecule has 0 amide bonds. The first-order chi connectivity index (χ1) is 7.62. The summed E-state index contributed by atoms with van der Waals surface area (Å²) in [6.45, 7) is 1.41. The van der Waals surface area contributed by atoms with E-state index in [0.29, 0.717) is 18.1 Å². The highest BCUT2D eigenvalue weighted by Crippen LogP contribution is 2.38. The molecule has 1 aromatic carbocycles. The lowest BCUT2D eigenvalue weighted by molar-refractivity contribution is -0.219. The van der Waals surface area contributed by atoms with Gasteiger partial charge in [-0.25, -0.2) is 0 Å². The highest BCUT2D eigenvalue weighted by atomic mass is 79.9. The quantitative estimate of drug-likeness (QED) is 0.802. The van der Waals surface area contributed by atoms with Gasteiger partial charge in [0.15, 0.2) is 0 Å². The summed E-state index contributed by atoms with van der Waals surface area (Å²) in [4.78, 5) is 2.16. The number of methoxy groups -OCH3 is 2. The van der Waals surface area contributed by atoms with E-state index in [4.69, 9.17) is 21.1 Å². The summed E-state index contributed by atoms with van der Waals surface area (Å²) in [5.41, 5.74) is 1.07. The third-order valence-electron chi connectivity index (χ3n) is 2.88. The molecular weight excluding hydrogens is 293 g/mol. The molecule has 1 heterocycles. The van der Waals surface area contributed by atoms with Crippen LogP contribution >= 0.6 is 27.5 Å². The lowest BCUT2D eigenvalue weighted by atomic mass is 10.1. The predicted molar refractivity (Wildman–Crippen MR) is 68.1 cm³/mol. The monoisotopic (exact) mass is 305 g/mol. The summed E-state index contributed by atoms with van der Waals surface area (Å²) in [5.74, 6) is -0.470. The zero-order valence-corrected chi connectivity index (χ0v) is 11.5. The van der Waals surface area contributed by atoms with Gasteiger partial charge in [-0.15, -0.1) is 0 Å². The minimum Gasteiger partial charge on any atom is -0.360 e. The molecule has 5 heteroatoms. The molecule has 0 radical (unpaired) electrons. The zero-order valence-electron chi connectivity index (χ0n) is 9.17. The Hall–Kier alpha value is -0.290. The van der Waals surface area contributed by atoms with E-state index >= 15 is 0 Å². The first-order valence-corrected chi connectivity index (χ1v) is 6.08. The second-order valence-electron chi connectivity index (χ2n) is 3.75. The highest BCUT2D eigenvalue weighted by molar-refractivity contribution is 9.10. The number of rotatable bonds is 3. The van der Waals surface area contributed by atoms with Crippen LogP contribution in [0.25, 0.3) is 0 Å². The number of ether oxygens (including phenoxy) is 2. The van der Waals surface area contributed by atoms with Gasteiger partial charge in [0.2, 0.25) is 5.79 Å². The second kappa shape index (κ2) is 4.53. The van der Waals surface area contributed by atoms with Crippen molar-refractivity contribution < 1.29 is 9.47 Å². The summed E-state index contributed by atoms with van der Waals surface area (Å²) in [5, 5.41) is 0.713. The molecule has 0 aliphatic carbocycles. The van der Waals surface area contributed by atoms with Crippen LogP contribution in [0.5, 0.6) is 0 Å². The third kappa shape index (κ3) is 1.95. The second-order valence-corrected chi connectivity index (χ2v) is 4.95. The van der Waals surface area contributed by atoms with Crippen molar-refractivity contribution in [2.45, 2.75) is 5.79 Å². The van der Waals surface area contributed by atoms with Crippen molar-refractivity contribution in [3.05, 3.63) is 27.7 Å². The van der Waals surface area contributed by atoms with Crippen LogP contribution in [0.1, 0.15) is 0 Å². The van der Waals surface area contributed by atoms with Gasteiger partial charge in [-0.1, -0.05) is 17.7 Å². The topological polar surface area (TPSA) is 21.7 Å². The van der Waals surface area contributed by atoms with Gasteiger partial charge >= 0.3 is 0 Å². The number of hydrogen-bond donors (Lipinski definition) is 0. The molecular formula is C11H13BrClNO2. The average molecular weight is 307 g/mol. The number of benzene rings is 1. The van der Waals surface area contributed by atoms with Crippen LogP contribution in [-0.4, -0.2) is 33.1 Å². The first kappa shape index (κ1) is 12.2. The van der Waals surface area contributed by atoms with E-state index in [-0.39, 0.29) is 0 Å². The molecule has 1 aliphatic rings. The van der Waals surface area contributed by atoms with Gasteiger partial charge in [0.05, 0.1) is 28.3 Å². The predicted octanol–water partition coefficient (Wildman–Crippen LogP) is 2.91. The Morgan fingerprint density at radius 2 is 1.94 bits per heavy atom. The maximum atomic E-state index is 6.04. The van der Waals surface area contributed by atoms with E-state index in [9.17, 15) is 0 Å². The van der Waals surface area contributed by atoms with Crippen molar-refractivity contribution in [2.24, 2.45) is 0 Å². The summed E-state index contributed by atoms with van der Waals surface area (Å²) in [6.07, 6.45) is 0. The molecule has 16 heavy (non-hydrogen) atoms. The standard InChI is InChI=1S/C11H13BrClNO2/c1-15-11(16-2)6-14(7-11)9-5-3-4-8(13)10(9)12/h3-5H,6-7H2,1-2H3. The molecule has 1 fully saturated rings. The fourth-order valence-corrected chi connectivity index (χ4v) is 2.47. The Labute approximate surface area is 108 Å². The summed E-state index contributed by atoms with van der Waals surface area (Å²) >= 11 is 9.52. The molecule has 0 N–H and O–H groups in total. The van der Waals surface area contributed by atoms with Crippen molar-refractivity contribution >= 4 is 33.2 Å². The van der Waals surface area contributed by atoms with Crippen molar-refractivity contribution in [1.29, 1.82) is 0 Å². The van der Waals surface area contributed by atoms with Crippen LogP contribution < -0.4 is 4.90 Å². The normalized spacial score (nSPS) is 18.4. The first-order valence-electron chi connectivity index (χ1n) is 4.91. The van der Waals surface area contributed by atoms with E-state index in [1.807, 2.05) is 18.2 Å². The van der Waals surface area contributed by atoms with E-state index in [0.717, 1.165) is 10.2 Å². The SMILES string of the molecule is COC1(OC)CN(c2cccc(Cl)c2Br)C1. The molecule has 1 saturated heterocycles. The molecule has 1 aliphatic heterocycles. The van der Waals surface area contributed by atoms with Gasteiger partial charge in [-0.05, 0) is 28.1 Å². The Balaban J connectivity index is 2.15. The Bertz CT molecular complexity index is 388. The lowest BCUT2D eigenvalue weighted by Crippen LogP contribution is -2.64. The van der Waals surface area contributed by atoms with Crippen LogP contribution in [0.15, 0.2) is 22.7 Å². The van der Waals surface area contributed by atoms with Gasteiger partial charge in [0.1, 0.15) is 0 Å². The number of nitrogens with zero attached hydrogens (tertiary/aromatic N) is 1. The fraction of sp³-hybridized carbons (Fsp3) is 0.455. The Morgan fingerprint density at radius 3 is 2.50 bits per heavy atom. The molecule has 0 atom stereocenters. The van der Waals surface area contributed by atoms with Crippen LogP contribution in [0.2, 0.25) is 5.02 Å². The molecule has 88 valence electrons. The molecule has 0 bridgehead atoms. The molecule has 0 aromatic heterocycles. The fourth-order valence-electron chi connectivity index (χ4n) is 1.78. The van der Waals surface area contributed by atoms with Gasteiger partial charge in [-0.2, -0.15) is 0 Å². The minimum absolute atomic E-state index is 0.470. The van der Waals surface area contributed by atoms with E-state index in [1.165, 1.54) is 0 Å². The highest BCUT2D eigenvalue weighted by Gasteiger charge is 2.44. The van der Waals surface area contributed by atoms with Crippen LogP contribution in [0.3, 0.4) is 0 Å². The molecule has 0 spiro atoms. The van der Waals surface area contributed by atoms with Gasteiger partial charge in [-0.3, -0.25) is 0 Å². The smallest absolute Gasteiger partial charge is 0.203 e. The van der Waals surface area contributed by atoms with E-state index in [2.05, 4.69) is 20.8 Å². The van der Waals surface area contributed by atoms with Crippen molar-refractivity contribution in [3.63, 3.8) is 0 Å². The average Bonchev–Trinajstić information content (AvgIpc) is 2.24. The minimum atomic E-state index is -0.470. The Morgan fingerprint density at radius 1 is 1.31 bits per heavy atom. The van der Waals surface area contributed by atoms with Crippen LogP contribution in [0.4, 0.5) is 5.69 Å². The number of anilines is 1. The maximum absolute atomic E-state index is 6.04. The van der Waals surface area contributed by atoms with E-state index < -0.39 is 5.79 Å². The zero-order chi connectivity index (χ0) is 11.8. The van der Waals surface area contributed by atoms with Crippen LogP contribution in [0, 0.1) is 0 Å². The number of halogens is 2. The largest absolute Gasteiger partial charge is 0.360 e. The van der Waals surface area contributed by atoms with Gasteiger partial charge in [0, 0.05) is 14.2 Å². The molecule has 1 aromatic rings. The molecule has 0 unspecified atom stereocenters. The molecule has 0 saturated carbocycles. The number of hydrogen-bond acceptors (Lipinski definition) is 3. The molecule has 3 nitrogen and oxygen atoms in total. The molecule has 2 rings (SSSR count). The van der Waals surface area contributed by atoms with Crippen LogP contribution in [-0.2, 0) is 9.47 Å². The summed E-state index contributed by atoms with van der Waals surface area (Å²) in [7, 11) is 3.32. The summed E-state index contributed by atoms with van der Waals surface area (Å²) in [6, 6.07) is 5.81. The summed E-state index contributed by atoms with van der Waals surface area (Å²) < 4.78 is 11.6. The third-order valence-corrected chi connectivity index (χ3v) is 4.26. The van der Waals surface area contributed by atoms with Gasteiger partial charge < -0.3 is 14.4 Å². The van der Waals surface area contributed by atoms with E-state index in [1.54, 1.807) is 14.2 Å². The van der Waals surface area contributed by atoms with Crippen molar-refractivity contribution in [3.8, 4) is 0 Å². The van der Waals surface area contributed by atoms with Crippen molar-refractivity contribution in [2.75, 3.05) is 32.2 Å².